The Bertz CT molecular complexity index is 586. The van der Waals surface area contributed by atoms with Crippen LogP contribution < -0.4 is 5.32 Å². The Morgan fingerprint density at radius 1 is 1.29 bits per heavy atom. The van der Waals surface area contributed by atoms with Crippen molar-refractivity contribution in [2.45, 2.75) is 46.6 Å². The van der Waals surface area contributed by atoms with Gasteiger partial charge < -0.3 is 9.84 Å². The van der Waals surface area contributed by atoms with E-state index in [1.807, 2.05) is 0 Å². The lowest BCUT2D eigenvalue weighted by Gasteiger charge is -2.09. The van der Waals surface area contributed by atoms with Gasteiger partial charge in [-0.25, -0.2) is 0 Å². The molecule has 0 aliphatic rings. The molecule has 1 unspecified atom stereocenters. The maximum absolute atomic E-state index is 5.36. The third-order valence-corrected chi connectivity index (χ3v) is 4.76. The topological polar surface area (TPSA) is 51.0 Å². The van der Waals surface area contributed by atoms with E-state index in [0.29, 0.717) is 17.8 Å². The first-order chi connectivity index (χ1) is 10.0. The first kappa shape index (κ1) is 16.2. The molecule has 5 heteroatoms. The molecule has 2 aromatic rings. The Labute approximate surface area is 134 Å². The summed E-state index contributed by atoms with van der Waals surface area (Å²) in [5, 5.41) is 7.48. The third-order valence-electron chi connectivity index (χ3n) is 3.51. The van der Waals surface area contributed by atoms with Crippen LogP contribution in [0.2, 0.25) is 0 Å². The van der Waals surface area contributed by atoms with Crippen molar-refractivity contribution in [1.29, 1.82) is 0 Å². The largest absolute Gasteiger partial charge is 0.339 e. The van der Waals surface area contributed by atoms with Gasteiger partial charge >= 0.3 is 0 Å². The van der Waals surface area contributed by atoms with E-state index < -0.39 is 0 Å². The summed E-state index contributed by atoms with van der Waals surface area (Å²) in [6.45, 7) is 9.40. The Morgan fingerprint density at radius 2 is 1.95 bits per heavy atom. The zero-order valence-corrected chi connectivity index (χ0v) is 14.6. The van der Waals surface area contributed by atoms with Crippen LogP contribution in [-0.2, 0) is 6.42 Å². The molecule has 1 N–H and O–H groups in total. The van der Waals surface area contributed by atoms with Crippen molar-refractivity contribution in [3.05, 3.63) is 33.6 Å². The molecule has 0 radical (unpaired) electrons. The van der Waals surface area contributed by atoms with Crippen LogP contribution in [-0.4, -0.2) is 22.7 Å². The summed E-state index contributed by atoms with van der Waals surface area (Å²) in [7, 11) is 0. The fourth-order valence-electron chi connectivity index (χ4n) is 2.34. The number of nitrogens with one attached hydrogen (secondary N) is 1. The number of benzene rings is 1. The standard InChI is InChI=1S/C16H22BrN3O/c1-5-18-12(4)6-7-14-19-16(20-21-14)13-8-10(2)15(17)11(3)9-13/h8-9,12,18H,5-7H2,1-4H3. The van der Waals surface area contributed by atoms with Crippen molar-refractivity contribution in [2.75, 3.05) is 6.54 Å². The Hall–Kier alpha value is -1.20. The van der Waals surface area contributed by atoms with E-state index in [0.717, 1.165) is 29.4 Å². The molecular weight excluding hydrogens is 330 g/mol. The van der Waals surface area contributed by atoms with E-state index in [4.69, 9.17) is 4.52 Å². The Kier molecular flexibility index (Phi) is 5.53. The SMILES string of the molecule is CCNC(C)CCc1nc(-c2cc(C)c(Br)c(C)c2)no1. The molecule has 0 aliphatic carbocycles. The molecular formula is C16H22BrN3O. The highest BCUT2D eigenvalue weighted by Crippen LogP contribution is 2.27. The third kappa shape index (κ3) is 4.14. The van der Waals surface area contributed by atoms with Gasteiger partial charge in [-0.15, -0.1) is 0 Å². The molecule has 114 valence electrons. The molecule has 0 spiro atoms. The zero-order chi connectivity index (χ0) is 15.4. The molecule has 1 aromatic heterocycles. The molecule has 0 bridgehead atoms. The predicted octanol–water partition coefficient (Wildman–Crippen LogP) is 4.05. The van der Waals surface area contributed by atoms with E-state index in [-0.39, 0.29) is 0 Å². The lowest BCUT2D eigenvalue weighted by atomic mass is 10.1. The highest BCUT2D eigenvalue weighted by atomic mass is 79.9. The second-order valence-corrected chi connectivity index (χ2v) is 6.23. The minimum atomic E-state index is 0.461. The number of aromatic nitrogens is 2. The molecule has 0 aliphatic heterocycles. The fourth-order valence-corrected chi connectivity index (χ4v) is 2.57. The van der Waals surface area contributed by atoms with Crippen molar-refractivity contribution in [3.8, 4) is 11.4 Å². The van der Waals surface area contributed by atoms with Crippen molar-refractivity contribution in [2.24, 2.45) is 0 Å². The van der Waals surface area contributed by atoms with Crippen molar-refractivity contribution >= 4 is 15.9 Å². The lowest BCUT2D eigenvalue weighted by molar-refractivity contribution is 0.368. The number of hydrogen-bond donors (Lipinski definition) is 1. The van der Waals surface area contributed by atoms with Gasteiger partial charge in [-0.3, -0.25) is 0 Å². The van der Waals surface area contributed by atoms with E-state index in [2.05, 4.69) is 71.2 Å². The highest BCUT2D eigenvalue weighted by Gasteiger charge is 2.12. The van der Waals surface area contributed by atoms with Crippen LogP contribution in [0.3, 0.4) is 0 Å². The van der Waals surface area contributed by atoms with Crippen molar-refractivity contribution in [1.82, 2.24) is 15.5 Å². The monoisotopic (exact) mass is 351 g/mol. The Morgan fingerprint density at radius 3 is 2.57 bits per heavy atom. The van der Waals surface area contributed by atoms with E-state index >= 15 is 0 Å². The van der Waals surface area contributed by atoms with Crippen LogP contribution in [0.15, 0.2) is 21.1 Å². The predicted molar refractivity (Wildman–Crippen MR) is 88.4 cm³/mol. The van der Waals surface area contributed by atoms with Crippen LogP contribution in [0.1, 0.15) is 37.3 Å². The number of rotatable bonds is 6. The zero-order valence-electron chi connectivity index (χ0n) is 13.0. The van der Waals surface area contributed by atoms with Gasteiger partial charge in [-0.2, -0.15) is 4.98 Å². The summed E-state index contributed by atoms with van der Waals surface area (Å²) < 4.78 is 6.49. The van der Waals surface area contributed by atoms with E-state index in [1.165, 1.54) is 11.1 Å². The lowest BCUT2D eigenvalue weighted by Crippen LogP contribution is -2.25. The van der Waals surface area contributed by atoms with Crippen LogP contribution in [0.4, 0.5) is 0 Å². The first-order valence-electron chi connectivity index (χ1n) is 7.34. The van der Waals surface area contributed by atoms with Crippen molar-refractivity contribution in [3.63, 3.8) is 0 Å². The molecule has 4 nitrogen and oxygen atoms in total. The van der Waals surface area contributed by atoms with Gasteiger partial charge in [0.2, 0.25) is 11.7 Å². The summed E-state index contributed by atoms with van der Waals surface area (Å²) in [6.07, 6.45) is 1.80. The first-order valence-corrected chi connectivity index (χ1v) is 8.13. The minimum Gasteiger partial charge on any atom is -0.339 e. The van der Waals surface area contributed by atoms with Crippen molar-refractivity contribution < 1.29 is 4.52 Å². The number of aryl methyl sites for hydroxylation is 3. The van der Waals surface area contributed by atoms with Crippen LogP contribution >= 0.6 is 15.9 Å². The van der Waals surface area contributed by atoms with Gasteiger partial charge in [-0.1, -0.05) is 28.0 Å². The maximum atomic E-state index is 5.36. The quantitative estimate of drug-likeness (QED) is 0.852. The summed E-state index contributed by atoms with van der Waals surface area (Å²) in [6, 6.07) is 4.61. The van der Waals surface area contributed by atoms with Crippen LogP contribution in [0, 0.1) is 13.8 Å². The average Bonchev–Trinajstić information content (AvgIpc) is 2.91. The maximum Gasteiger partial charge on any atom is 0.227 e. The van der Waals surface area contributed by atoms with Gasteiger partial charge in [0.1, 0.15) is 0 Å². The molecule has 0 fully saturated rings. The smallest absolute Gasteiger partial charge is 0.227 e. The molecule has 1 heterocycles. The molecule has 0 saturated heterocycles. The molecule has 0 saturated carbocycles. The molecule has 21 heavy (non-hydrogen) atoms. The molecule has 0 amide bonds. The summed E-state index contributed by atoms with van der Waals surface area (Å²) in [5.74, 6) is 1.37. The number of nitrogens with zero attached hydrogens (tertiary/aromatic N) is 2. The molecule has 2 rings (SSSR count). The Balaban J connectivity index is 2.09. The average molecular weight is 352 g/mol. The number of hydrogen-bond acceptors (Lipinski definition) is 4. The van der Waals surface area contributed by atoms with Gasteiger partial charge in [0.05, 0.1) is 0 Å². The second kappa shape index (κ2) is 7.18. The summed E-state index contributed by atoms with van der Waals surface area (Å²) >= 11 is 3.58. The van der Waals surface area contributed by atoms with Gasteiger partial charge in [0.15, 0.2) is 0 Å². The normalized spacial score (nSPS) is 12.6. The minimum absolute atomic E-state index is 0.461. The summed E-state index contributed by atoms with van der Waals surface area (Å²) in [5.41, 5.74) is 3.36. The van der Waals surface area contributed by atoms with Gasteiger partial charge in [0.25, 0.3) is 0 Å². The van der Waals surface area contributed by atoms with Crippen LogP contribution in [0.5, 0.6) is 0 Å². The number of halogens is 1. The second-order valence-electron chi connectivity index (χ2n) is 5.43. The van der Waals surface area contributed by atoms with E-state index in [9.17, 15) is 0 Å². The van der Waals surface area contributed by atoms with Gasteiger partial charge in [-0.05, 0) is 57.0 Å². The summed E-state index contributed by atoms with van der Waals surface area (Å²) in [4.78, 5) is 4.50. The van der Waals surface area contributed by atoms with Gasteiger partial charge in [0, 0.05) is 22.5 Å². The molecule has 1 aromatic carbocycles. The van der Waals surface area contributed by atoms with E-state index in [1.54, 1.807) is 0 Å². The fraction of sp³-hybridized carbons (Fsp3) is 0.500. The highest BCUT2D eigenvalue weighted by molar-refractivity contribution is 9.10. The van der Waals surface area contributed by atoms with Crippen LogP contribution in [0.25, 0.3) is 11.4 Å². The molecule has 1 atom stereocenters.